The molecule has 0 aliphatic rings. The van der Waals surface area contributed by atoms with Gasteiger partial charge >= 0.3 is 0 Å². The molecule has 0 amide bonds. The third kappa shape index (κ3) is 5.88. The Morgan fingerprint density at radius 2 is 1.41 bits per heavy atom. The highest BCUT2D eigenvalue weighted by atomic mass is 28.4. The molecule has 146 valence electrons. The Hall–Kier alpha value is -1.72. The van der Waals surface area contributed by atoms with Crippen LogP contribution in [0.5, 0.6) is 0 Å². The lowest BCUT2D eigenvalue weighted by Gasteiger charge is -2.40. The van der Waals surface area contributed by atoms with Crippen molar-refractivity contribution in [3.8, 4) is 0 Å². The first kappa shape index (κ1) is 21.6. The van der Waals surface area contributed by atoms with Crippen LogP contribution in [0.1, 0.15) is 38.0 Å². The summed E-state index contributed by atoms with van der Waals surface area (Å²) in [6.45, 7) is 10.8. The van der Waals surface area contributed by atoms with Crippen LogP contribution < -0.4 is 0 Å². The van der Waals surface area contributed by atoms with Gasteiger partial charge in [0, 0.05) is 0 Å². The summed E-state index contributed by atoms with van der Waals surface area (Å²) in [6.07, 6.45) is 1.15. The fourth-order valence-electron chi connectivity index (χ4n) is 2.54. The Labute approximate surface area is 164 Å². The van der Waals surface area contributed by atoms with Crippen LogP contribution in [-0.2, 0) is 4.43 Å². The van der Waals surface area contributed by atoms with E-state index in [1.807, 2.05) is 72.8 Å². The van der Waals surface area contributed by atoms with Crippen molar-refractivity contribution in [2.45, 2.75) is 57.2 Å². The van der Waals surface area contributed by atoms with Crippen LogP contribution in [0.2, 0.25) is 18.1 Å². The zero-order valence-electron chi connectivity index (χ0n) is 17.0. The zero-order chi connectivity index (χ0) is 20.1. The molecule has 0 bridgehead atoms. The topological polar surface area (TPSA) is 49.7 Å². The first-order valence-electron chi connectivity index (χ1n) is 9.44. The molecule has 4 heteroatoms. The quantitative estimate of drug-likeness (QED) is 0.646. The maximum absolute atomic E-state index is 10.9. The number of aliphatic hydroxyl groups excluding tert-OH is 2. The molecule has 0 saturated carbocycles. The summed E-state index contributed by atoms with van der Waals surface area (Å²) in [5.41, 5.74) is 1.71. The molecule has 3 unspecified atom stereocenters. The Kier molecular flexibility index (Phi) is 7.17. The SMILES string of the molecule is CC(C)(C)[Si](C)(C)OC(/C=C/c1ccccc1)C(O)C(O)c1ccccc1. The number of benzene rings is 2. The van der Waals surface area contributed by atoms with E-state index < -0.39 is 26.6 Å². The van der Waals surface area contributed by atoms with Gasteiger partial charge in [-0.3, -0.25) is 0 Å². The molecule has 0 radical (unpaired) electrons. The lowest BCUT2D eigenvalue weighted by Crippen LogP contribution is -2.47. The first-order chi connectivity index (χ1) is 12.6. The molecule has 3 nitrogen and oxygen atoms in total. The third-order valence-corrected chi connectivity index (χ3v) is 9.79. The fourth-order valence-corrected chi connectivity index (χ4v) is 3.79. The molecule has 0 aliphatic heterocycles. The molecule has 0 saturated heterocycles. The summed E-state index contributed by atoms with van der Waals surface area (Å²) in [4.78, 5) is 0. The minimum atomic E-state index is -2.14. The van der Waals surface area contributed by atoms with Crippen molar-refractivity contribution >= 4 is 14.4 Å². The molecular formula is C23H32O3Si. The van der Waals surface area contributed by atoms with Gasteiger partial charge in [-0.15, -0.1) is 0 Å². The number of aliphatic hydroxyl groups is 2. The monoisotopic (exact) mass is 384 g/mol. The first-order valence-corrected chi connectivity index (χ1v) is 12.3. The van der Waals surface area contributed by atoms with Crippen molar-refractivity contribution in [2.24, 2.45) is 0 Å². The lowest BCUT2D eigenvalue weighted by atomic mass is 10.00. The van der Waals surface area contributed by atoms with Gasteiger partial charge in [-0.2, -0.15) is 0 Å². The summed E-state index contributed by atoms with van der Waals surface area (Å²) in [7, 11) is -2.14. The third-order valence-electron chi connectivity index (χ3n) is 5.32. The smallest absolute Gasteiger partial charge is 0.193 e. The van der Waals surface area contributed by atoms with Crippen LogP contribution in [-0.4, -0.2) is 30.7 Å². The number of rotatable bonds is 7. The van der Waals surface area contributed by atoms with Gasteiger partial charge < -0.3 is 14.6 Å². The van der Waals surface area contributed by atoms with Gasteiger partial charge in [0.25, 0.3) is 0 Å². The normalized spacial score (nSPS) is 16.3. The van der Waals surface area contributed by atoms with E-state index in [9.17, 15) is 10.2 Å². The number of hydrogen-bond acceptors (Lipinski definition) is 3. The van der Waals surface area contributed by atoms with Gasteiger partial charge in [-0.1, -0.05) is 93.6 Å². The molecule has 0 spiro atoms. The maximum atomic E-state index is 10.9. The van der Waals surface area contributed by atoms with Crippen molar-refractivity contribution < 1.29 is 14.6 Å². The van der Waals surface area contributed by atoms with Gasteiger partial charge in [0.15, 0.2) is 8.32 Å². The largest absolute Gasteiger partial charge is 0.408 e. The molecule has 2 rings (SSSR count). The molecule has 0 fully saturated rings. The van der Waals surface area contributed by atoms with Gasteiger partial charge in [-0.05, 0) is 29.3 Å². The second-order valence-electron chi connectivity index (χ2n) is 8.46. The Bertz CT molecular complexity index is 720. The van der Waals surface area contributed by atoms with E-state index in [1.54, 1.807) is 0 Å². The second-order valence-corrected chi connectivity index (χ2v) is 13.2. The lowest BCUT2D eigenvalue weighted by molar-refractivity contribution is -0.0378. The van der Waals surface area contributed by atoms with E-state index >= 15 is 0 Å². The van der Waals surface area contributed by atoms with E-state index in [-0.39, 0.29) is 5.04 Å². The highest BCUT2D eigenvalue weighted by Crippen LogP contribution is 2.38. The Morgan fingerprint density at radius 1 is 0.889 bits per heavy atom. The predicted molar refractivity (Wildman–Crippen MR) is 115 cm³/mol. The minimum absolute atomic E-state index is 0.00323. The minimum Gasteiger partial charge on any atom is -0.408 e. The molecule has 0 aliphatic carbocycles. The van der Waals surface area contributed by atoms with Crippen molar-refractivity contribution in [1.29, 1.82) is 0 Å². The average molecular weight is 385 g/mol. The Balaban J connectivity index is 2.29. The van der Waals surface area contributed by atoms with Crippen LogP contribution in [0.4, 0.5) is 0 Å². The highest BCUT2D eigenvalue weighted by molar-refractivity contribution is 6.74. The molecular weight excluding hydrogens is 352 g/mol. The molecule has 0 aromatic heterocycles. The van der Waals surface area contributed by atoms with Crippen LogP contribution >= 0.6 is 0 Å². The van der Waals surface area contributed by atoms with E-state index in [2.05, 4.69) is 33.9 Å². The molecule has 0 heterocycles. The zero-order valence-corrected chi connectivity index (χ0v) is 18.0. The van der Waals surface area contributed by atoms with Crippen molar-refractivity contribution in [3.05, 3.63) is 77.9 Å². The van der Waals surface area contributed by atoms with Gasteiger partial charge in [0.05, 0.1) is 6.10 Å². The van der Waals surface area contributed by atoms with E-state index in [0.717, 1.165) is 5.56 Å². The van der Waals surface area contributed by atoms with Crippen molar-refractivity contribution in [1.82, 2.24) is 0 Å². The van der Waals surface area contributed by atoms with Crippen molar-refractivity contribution in [2.75, 3.05) is 0 Å². The van der Waals surface area contributed by atoms with E-state index in [1.165, 1.54) is 0 Å². The molecule has 27 heavy (non-hydrogen) atoms. The van der Waals surface area contributed by atoms with Gasteiger partial charge in [-0.25, -0.2) is 0 Å². The van der Waals surface area contributed by atoms with Crippen molar-refractivity contribution in [3.63, 3.8) is 0 Å². The fraction of sp³-hybridized carbons (Fsp3) is 0.391. The summed E-state index contributed by atoms with van der Waals surface area (Å²) in [5.74, 6) is 0. The molecule has 2 aromatic carbocycles. The van der Waals surface area contributed by atoms with Gasteiger partial charge in [0.2, 0.25) is 0 Å². The van der Waals surface area contributed by atoms with Gasteiger partial charge in [0.1, 0.15) is 12.2 Å². The average Bonchev–Trinajstić information content (AvgIpc) is 2.64. The predicted octanol–water partition coefficient (Wildman–Crippen LogP) is 5.18. The number of hydrogen-bond donors (Lipinski definition) is 2. The van der Waals surface area contributed by atoms with Crippen LogP contribution in [0, 0.1) is 0 Å². The van der Waals surface area contributed by atoms with Crippen LogP contribution in [0.25, 0.3) is 6.08 Å². The molecule has 2 aromatic rings. The molecule has 3 atom stereocenters. The summed E-state index contributed by atoms with van der Waals surface area (Å²) in [6, 6.07) is 19.1. The highest BCUT2D eigenvalue weighted by Gasteiger charge is 2.41. The second kappa shape index (κ2) is 8.98. The summed E-state index contributed by atoms with van der Waals surface area (Å²) >= 11 is 0. The van der Waals surface area contributed by atoms with E-state index in [0.29, 0.717) is 5.56 Å². The van der Waals surface area contributed by atoms with Crippen LogP contribution in [0.15, 0.2) is 66.7 Å². The standard InChI is InChI=1S/C23H32O3Si/c1-23(2,3)27(4,5)26-20(17-16-18-12-8-6-9-13-18)22(25)21(24)19-14-10-7-11-15-19/h6-17,20-22,24-25H,1-5H3/b17-16+. The molecule has 2 N–H and O–H groups in total. The maximum Gasteiger partial charge on any atom is 0.193 e. The van der Waals surface area contributed by atoms with Crippen LogP contribution in [0.3, 0.4) is 0 Å². The summed E-state index contributed by atoms with van der Waals surface area (Å²) < 4.78 is 6.47. The summed E-state index contributed by atoms with van der Waals surface area (Å²) in [5, 5.41) is 21.6. The van der Waals surface area contributed by atoms with E-state index in [4.69, 9.17) is 4.43 Å². The Morgan fingerprint density at radius 3 is 1.93 bits per heavy atom.